The second kappa shape index (κ2) is 8.19. The number of ether oxygens (including phenoxy) is 1. The SMILES string of the molecule is CCCCOc1ncccc1CNC(=O)c1coc(CO)c1. The highest BCUT2D eigenvalue weighted by atomic mass is 16.5. The molecule has 6 heteroatoms. The van der Waals surface area contributed by atoms with Gasteiger partial charge in [0.2, 0.25) is 5.88 Å². The van der Waals surface area contributed by atoms with Crippen molar-refractivity contribution in [1.29, 1.82) is 0 Å². The first-order valence-corrected chi connectivity index (χ1v) is 7.27. The highest BCUT2D eigenvalue weighted by molar-refractivity contribution is 5.93. The Morgan fingerprint density at radius 3 is 3.09 bits per heavy atom. The molecule has 0 aromatic carbocycles. The average Bonchev–Trinajstić information content (AvgIpc) is 3.03. The van der Waals surface area contributed by atoms with E-state index >= 15 is 0 Å². The minimum Gasteiger partial charge on any atom is -0.477 e. The number of hydrogen-bond acceptors (Lipinski definition) is 5. The number of furan rings is 1. The summed E-state index contributed by atoms with van der Waals surface area (Å²) in [4.78, 5) is 16.2. The van der Waals surface area contributed by atoms with E-state index < -0.39 is 0 Å². The van der Waals surface area contributed by atoms with Crippen molar-refractivity contribution in [2.75, 3.05) is 6.61 Å². The number of carbonyl (C=O) groups excluding carboxylic acids is 1. The lowest BCUT2D eigenvalue weighted by molar-refractivity contribution is 0.0950. The van der Waals surface area contributed by atoms with Crippen molar-refractivity contribution >= 4 is 5.91 Å². The number of unbranched alkanes of at least 4 members (excludes halogenated alkanes) is 1. The molecule has 2 rings (SSSR count). The first kappa shape index (κ1) is 16.0. The molecule has 0 spiro atoms. The average molecular weight is 304 g/mol. The molecule has 0 unspecified atom stereocenters. The summed E-state index contributed by atoms with van der Waals surface area (Å²) in [6.45, 7) is 2.78. The molecule has 0 saturated carbocycles. The highest BCUT2D eigenvalue weighted by Crippen LogP contribution is 2.15. The predicted octanol–water partition coefficient (Wildman–Crippen LogP) is 2.28. The molecule has 2 aromatic heterocycles. The van der Waals surface area contributed by atoms with Gasteiger partial charge in [-0.1, -0.05) is 19.4 Å². The van der Waals surface area contributed by atoms with Crippen LogP contribution < -0.4 is 10.1 Å². The van der Waals surface area contributed by atoms with E-state index in [0.717, 1.165) is 18.4 Å². The minimum atomic E-state index is -0.271. The number of aliphatic hydroxyl groups is 1. The molecule has 0 atom stereocenters. The quantitative estimate of drug-likeness (QED) is 0.731. The Hall–Kier alpha value is -2.34. The Kier molecular flexibility index (Phi) is 5.97. The Balaban J connectivity index is 1.94. The topological polar surface area (TPSA) is 84.6 Å². The summed E-state index contributed by atoms with van der Waals surface area (Å²) < 4.78 is 10.7. The molecule has 0 aliphatic carbocycles. The van der Waals surface area contributed by atoms with Crippen molar-refractivity contribution in [3.05, 3.63) is 47.5 Å². The smallest absolute Gasteiger partial charge is 0.254 e. The molecule has 0 aliphatic heterocycles. The molecule has 22 heavy (non-hydrogen) atoms. The van der Waals surface area contributed by atoms with Crippen molar-refractivity contribution in [1.82, 2.24) is 10.3 Å². The van der Waals surface area contributed by atoms with Gasteiger partial charge < -0.3 is 19.6 Å². The number of aromatic nitrogens is 1. The van der Waals surface area contributed by atoms with Crippen LogP contribution >= 0.6 is 0 Å². The zero-order valence-electron chi connectivity index (χ0n) is 12.5. The second-order valence-corrected chi connectivity index (χ2v) is 4.81. The van der Waals surface area contributed by atoms with E-state index in [4.69, 9.17) is 14.3 Å². The maximum absolute atomic E-state index is 12.0. The lowest BCUT2D eigenvalue weighted by atomic mass is 10.2. The normalized spacial score (nSPS) is 10.5. The van der Waals surface area contributed by atoms with Gasteiger partial charge in [-0.05, 0) is 18.6 Å². The highest BCUT2D eigenvalue weighted by Gasteiger charge is 2.11. The number of rotatable bonds is 8. The van der Waals surface area contributed by atoms with Crippen LogP contribution in [0.3, 0.4) is 0 Å². The van der Waals surface area contributed by atoms with Crippen LogP contribution in [0.1, 0.15) is 41.4 Å². The van der Waals surface area contributed by atoms with Crippen molar-refractivity contribution < 1.29 is 19.1 Å². The number of nitrogens with zero attached hydrogens (tertiary/aromatic N) is 1. The molecule has 118 valence electrons. The Labute approximate surface area is 129 Å². The van der Waals surface area contributed by atoms with E-state index in [9.17, 15) is 4.79 Å². The third-order valence-electron chi connectivity index (χ3n) is 3.10. The zero-order valence-corrected chi connectivity index (χ0v) is 12.5. The van der Waals surface area contributed by atoms with Crippen molar-refractivity contribution in [3.8, 4) is 5.88 Å². The maximum Gasteiger partial charge on any atom is 0.254 e. The minimum absolute atomic E-state index is 0.231. The summed E-state index contributed by atoms with van der Waals surface area (Å²) in [5.41, 5.74) is 1.19. The summed E-state index contributed by atoms with van der Waals surface area (Å²) in [5.74, 6) is 0.626. The zero-order chi connectivity index (χ0) is 15.8. The molecule has 2 aromatic rings. The fourth-order valence-electron chi connectivity index (χ4n) is 1.86. The number of hydrogen-bond donors (Lipinski definition) is 2. The van der Waals surface area contributed by atoms with Crippen molar-refractivity contribution in [3.63, 3.8) is 0 Å². The molecule has 0 aliphatic rings. The van der Waals surface area contributed by atoms with Crippen LogP contribution in [0.15, 0.2) is 35.1 Å². The van der Waals surface area contributed by atoms with Crippen LogP contribution in [0.2, 0.25) is 0 Å². The van der Waals surface area contributed by atoms with Gasteiger partial charge in [0.05, 0.1) is 12.2 Å². The molecular formula is C16H20N2O4. The summed E-state index contributed by atoms with van der Waals surface area (Å²) in [6, 6.07) is 5.18. The summed E-state index contributed by atoms with van der Waals surface area (Å²) in [5, 5.41) is 11.7. The fourth-order valence-corrected chi connectivity index (χ4v) is 1.86. The Morgan fingerprint density at radius 2 is 2.36 bits per heavy atom. The molecule has 6 nitrogen and oxygen atoms in total. The number of carbonyl (C=O) groups is 1. The van der Waals surface area contributed by atoms with E-state index in [1.165, 1.54) is 12.3 Å². The summed E-state index contributed by atoms with van der Waals surface area (Å²) in [6.07, 6.45) is 4.99. The van der Waals surface area contributed by atoms with Gasteiger partial charge in [-0.25, -0.2) is 4.98 Å². The second-order valence-electron chi connectivity index (χ2n) is 4.81. The fraction of sp³-hybridized carbons (Fsp3) is 0.375. The van der Waals surface area contributed by atoms with Crippen LogP contribution in [0.5, 0.6) is 5.88 Å². The van der Waals surface area contributed by atoms with E-state index in [2.05, 4.69) is 17.2 Å². The van der Waals surface area contributed by atoms with Gasteiger partial charge in [0.1, 0.15) is 18.6 Å². The van der Waals surface area contributed by atoms with Gasteiger partial charge in [0.15, 0.2) is 0 Å². The van der Waals surface area contributed by atoms with Crippen molar-refractivity contribution in [2.24, 2.45) is 0 Å². The summed E-state index contributed by atoms with van der Waals surface area (Å²) in [7, 11) is 0. The molecule has 0 saturated heterocycles. The molecular weight excluding hydrogens is 284 g/mol. The molecule has 2 heterocycles. The standard InChI is InChI=1S/C16H20N2O4/c1-2-3-7-21-16-12(5-4-6-17-16)9-18-15(20)13-8-14(10-19)22-11-13/h4-6,8,11,19H,2-3,7,9-10H2,1H3,(H,18,20). The van der Waals surface area contributed by atoms with Gasteiger partial charge >= 0.3 is 0 Å². The van der Waals surface area contributed by atoms with Crippen LogP contribution in [-0.4, -0.2) is 22.6 Å². The Morgan fingerprint density at radius 1 is 1.50 bits per heavy atom. The predicted molar refractivity (Wildman–Crippen MR) is 80.4 cm³/mol. The lowest BCUT2D eigenvalue weighted by Crippen LogP contribution is -2.22. The number of pyridine rings is 1. The largest absolute Gasteiger partial charge is 0.477 e. The molecule has 0 bridgehead atoms. The number of amides is 1. The third kappa shape index (κ3) is 4.33. The van der Waals surface area contributed by atoms with Crippen molar-refractivity contribution in [2.45, 2.75) is 32.9 Å². The molecule has 0 fully saturated rings. The Bertz CT molecular complexity index is 610. The third-order valence-corrected chi connectivity index (χ3v) is 3.10. The molecule has 2 N–H and O–H groups in total. The number of aliphatic hydroxyl groups excluding tert-OH is 1. The van der Waals surface area contributed by atoms with E-state index in [0.29, 0.717) is 30.4 Å². The van der Waals surface area contributed by atoms with Crippen LogP contribution in [0.25, 0.3) is 0 Å². The maximum atomic E-state index is 12.0. The van der Waals surface area contributed by atoms with Gasteiger partial charge in [0, 0.05) is 18.3 Å². The lowest BCUT2D eigenvalue weighted by Gasteiger charge is -2.10. The van der Waals surface area contributed by atoms with Gasteiger partial charge in [-0.3, -0.25) is 4.79 Å². The monoisotopic (exact) mass is 304 g/mol. The van der Waals surface area contributed by atoms with E-state index in [1.54, 1.807) is 12.3 Å². The van der Waals surface area contributed by atoms with E-state index in [-0.39, 0.29) is 12.5 Å². The molecule has 0 radical (unpaired) electrons. The van der Waals surface area contributed by atoms with Gasteiger partial charge in [-0.15, -0.1) is 0 Å². The number of nitrogens with one attached hydrogen (secondary N) is 1. The van der Waals surface area contributed by atoms with Gasteiger partial charge in [-0.2, -0.15) is 0 Å². The first-order chi connectivity index (χ1) is 10.7. The molecule has 1 amide bonds. The summed E-state index contributed by atoms with van der Waals surface area (Å²) >= 11 is 0. The van der Waals surface area contributed by atoms with Gasteiger partial charge in [0.25, 0.3) is 5.91 Å². The first-order valence-electron chi connectivity index (χ1n) is 7.27. The van der Waals surface area contributed by atoms with E-state index in [1.807, 2.05) is 6.07 Å². The van der Waals surface area contributed by atoms with Crippen LogP contribution in [0, 0.1) is 0 Å². The van der Waals surface area contributed by atoms with Crippen LogP contribution in [-0.2, 0) is 13.2 Å². The van der Waals surface area contributed by atoms with Crippen LogP contribution in [0.4, 0.5) is 0 Å².